The van der Waals surface area contributed by atoms with E-state index in [2.05, 4.69) is 223 Å². The molecular weight excluding hydrogens is 948 g/mol. The van der Waals surface area contributed by atoms with Crippen molar-refractivity contribution in [3.8, 4) is 50.9 Å². The standard InChI is InChI=1S/C54H38N4OS.Pt/c1-54(2,3)46-34-51(55-53-45(46)30-31-60-53)58-47-25-11-10-22-43(47)44-29-28-40(33-50(44)58)59-39-21-14-20-38(32-39)56-35-57(49-27-13-12-26-48(49)56)52-41(36-16-6-4-7-17-36)23-15-24-42(52)37-18-8-5-9-19-37;/h4-31,34H,1-3H3;/q-2;. The monoisotopic (exact) mass is 985 g/mol. The van der Waals surface area contributed by atoms with Gasteiger partial charge in [-0.05, 0) is 22.4 Å². The summed E-state index contributed by atoms with van der Waals surface area (Å²) in [6.45, 7) is 6.79. The molecule has 0 aliphatic carbocycles. The molecule has 0 saturated heterocycles. The van der Waals surface area contributed by atoms with Crippen LogP contribution in [0.5, 0.6) is 11.5 Å². The van der Waals surface area contributed by atoms with Crippen LogP contribution < -0.4 is 4.74 Å². The molecule has 0 saturated carbocycles. The first kappa shape index (κ1) is 37.4. The van der Waals surface area contributed by atoms with Crippen molar-refractivity contribution in [2.75, 3.05) is 0 Å². The molecule has 0 radical (unpaired) electrons. The predicted octanol–water partition coefficient (Wildman–Crippen LogP) is 14.2. The van der Waals surface area contributed by atoms with Gasteiger partial charge >= 0.3 is 294 Å². The minimum atomic E-state index is -0.0632. The van der Waals surface area contributed by atoms with Crippen molar-refractivity contribution < 1.29 is 24.1 Å². The van der Waals surface area contributed by atoms with Crippen LogP contribution in [0.25, 0.3) is 82.5 Å². The van der Waals surface area contributed by atoms with E-state index in [9.17, 15) is 0 Å². The number of aromatic nitrogens is 4. The quantitative estimate of drug-likeness (QED) is 0.149. The third-order valence-corrected chi connectivity index (χ3v) is 13.2. The van der Waals surface area contributed by atoms with Gasteiger partial charge < -0.3 is 0 Å². The molecule has 0 atom stereocenters. The van der Waals surface area contributed by atoms with Crippen molar-refractivity contribution in [2.45, 2.75) is 26.2 Å². The molecule has 0 aliphatic heterocycles. The molecule has 7 aromatic carbocycles. The topological polar surface area (TPSA) is 36.9 Å². The molecule has 5 nitrogen and oxygen atoms in total. The van der Waals surface area contributed by atoms with Gasteiger partial charge in [-0.15, -0.1) is 11.3 Å². The number of fused-ring (bicyclic) bond motifs is 5. The van der Waals surface area contributed by atoms with Crippen LogP contribution in [-0.2, 0) is 24.8 Å². The van der Waals surface area contributed by atoms with Gasteiger partial charge in [0.2, 0.25) is 0 Å². The minimum Gasteiger partial charge on any atom is -0.124 e. The average Bonchev–Trinajstić information content (AvgIpc) is 3.98. The molecule has 0 amide bonds. The zero-order valence-electron chi connectivity index (χ0n) is 33.7. The van der Waals surface area contributed by atoms with Gasteiger partial charge in [-0.3, -0.25) is 0 Å². The summed E-state index contributed by atoms with van der Waals surface area (Å²) in [5.41, 5.74) is 11.9. The summed E-state index contributed by atoms with van der Waals surface area (Å²) in [5, 5.41) is 5.58. The van der Waals surface area contributed by atoms with Crippen LogP contribution in [-0.4, -0.2) is 18.7 Å². The molecule has 4 aromatic heterocycles. The van der Waals surface area contributed by atoms with Gasteiger partial charge in [-0.25, -0.2) is 0 Å². The van der Waals surface area contributed by atoms with E-state index in [0.29, 0.717) is 11.5 Å². The van der Waals surface area contributed by atoms with E-state index in [1.54, 1.807) is 11.3 Å². The first-order chi connectivity index (χ1) is 29.8. The number of hydrogen-bond acceptors (Lipinski definition) is 3. The number of pyridine rings is 1. The first-order valence-electron chi connectivity index (χ1n) is 20.3. The summed E-state index contributed by atoms with van der Waals surface area (Å²) >= 11 is 4.15. The minimum absolute atomic E-state index is 0.0632. The van der Waals surface area contributed by atoms with Crippen LogP contribution in [0.2, 0.25) is 0 Å². The smallest absolute Gasteiger partial charge is 0.124 e. The van der Waals surface area contributed by atoms with Gasteiger partial charge in [0.15, 0.2) is 0 Å². The second-order valence-corrected chi connectivity index (χ2v) is 18.1. The molecule has 4 heterocycles. The fraction of sp³-hybridized carbons (Fsp3) is 0.0741. The number of ether oxygens (including phenoxy) is 1. The number of para-hydroxylation sites is 4. The Morgan fingerprint density at radius 1 is 0.557 bits per heavy atom. The number of rotatable bonds is 7. The Morgan fingerprint density at radius 2 is 1.18 bits per heavy atom. The Labute approximate surface area is 368 Å². The molecule has 0 fully saturated rings. The third kappa shape index (κ3) is 6.41. The second-order valence-electron chi connectivity index (χ2n) is 16.2. The van der Waals surface area contributed by atoms with E-state index in [0.717, 1.165) is 80.9 Å². The molecule has 298 valence electrons. The summed E-state index contributed by atoms with van der Waals surface area (Å²) in [4.78, 5) is 6.25. The summed E-state index contributed by atoms with van der Waals surface area (Å²) in [6.07, 6.45) is 0. The molecule has 0 unspecified atom stereocenters. The van der Waals surface area contributed by atoms with Gasteiger partial charge in [0, 0.05) is 5.39 Å². The number of imidazole rings is 1. The normalized spacial score (nSPS) is 12.0. The van der Waals surface area contributed by atoms with Crippen molar-refractivity contribution in [1.29, 1.82) is 0 Å². The van der Waals surface area contributed by atoms with E-state index >= 15 is 0 Å². The van der Waals surface area contributed by atoms with E-state index in [4.69, 9.17) is 9.72 Å². The van der Waals surface area contributed by atoms with E-state index in [1.807, 2.05) is 18.2 Å². The van der Waals surface area contributed by atoms with E-state index < -0.39 is 0 Å². The number of thiophene rings is 1. The van der Waals surface area contributed by atoms with Gasteiger partial charge in [0.1, 0.15) is 4.83 Å². The van der Waals surface area contributed by atoms with Crippen LogP contribution in [0.3, 0.4) is 0 Å². The Hall–Kier alpha value is -6.59. The molecule has 7 heteroatoms. The Bertz CT molecular complexity index is 3460. The van der Waals surface area contributed by atoms with E-state index in [1.165, 1.54) is 10.9 Å². The van der Waals surface area contributed by atoms with Gasteiger partial charge in [-0.1, -0.05) is 32.9 Å². The van der Waals surface area contributed by atoms with E-state index in [-0.39, 0.29) is 5.41 Å². The van der Waals surface area contributed by atoms with Gasteiger partial charge in [0.05, 0.1) is 0 Å². The van der Waals surface area contributed by atoms with Crippen LogP contribution in [0.4, 0.5) is 0 Å². The van der Waals surface area contributed by atoms with Gasteiger partial charge in [0.25, 0.3) is 0 Å². The first-order valence-corrected chi connectivity index (χ1v) is 22.3. The van der Waals surface area contributed by atoms with Crippen LogP contribution >= 0.6 is 11.3 Å². The number of benzene rings is 7. The fourth-order valence-corrected chi connectivity index (χ4v) is 10.5. The Balaban J connectivity index is 1.05. The third-order valence-electron chi connectivity index (χ3n) is 11.4. The summed E-state index contributed by atoms with van der Waals surface area (Å²) < 4.78 is 14.6. The molecule has 61 heavy (non-hydrogen) atoms. The maximum atomic E-state index is 6.70. The molecule has 11 aromatic rings. The number of hydrogen-bond donors (Lipinski definition) is 0. The Kier molecular flexibility index (Phi) is 9.10. The van der Waals surface area contributed by atoms with Crippen molar-refractivity contribution in [1.82, 2.24) is 18.7 Å². The van der Waals surface area contributed by atoms with Crippen molar-refractivity contribution >= 4 is 54.4 Å². The summed E-state index contributed by atoms with van der Waals surface area (Å²) in [6, 6.07) is 67.0. The molecule has 0 N–H and O–H groups in total. The molecule has 0 spiro atoms. The Morgan fingerprint density at radius 3 is 1.89 bits per heavy atom. The fourth-order valence-electron chi connectivity index (χ4n) is 8.63. The maximum absolute atomic E-state index is 6.70. The summed E-state index contributed by atoms with van der Waals surface area (Å²) in [7, 11) is 0. The van der Waals surface area contributed by atoms with Crippen LogP contribution in [0.15, 0.2) is 175 Å². The summed E-state index contributed by atoms with van der Waals surface area (Å²) in [5.74, 6) is 2.07. The molecule has 11 rings (SSSR count). The molecule has 0 aliphatic rings. The van der Waals surface area contributed by atoms with Crippen LogP contribution in [0.1, 0.15) is 26.3 Å². The SMILES string of the molecule is CC(C)(C)c1cc(-n2c3[c-]c(Oc4[c-]c(-n5[c](=[Pt])n(-c6c(-c7ccccc7)cccc6-c6ccccc6)c6ccccc65)ccc4)ccc3c3ccccc32)nc2sccc12. The predicted molar refractivity (Wildman–Crippen MR) is 247 cm³/mol. The second kappa shape index (κ2) is 14.8. The van der Waals surface area contributed by atoms with Crippen LogP contribution in [0, 0.1) is 15.9 Å². The van der Waals surface area contributed by atoms with Crippen molar-refractivity contribution in [2.24, 2.45) is 0 Å². The molecular formula is C54H38N4OPtS-2. The zero-order valence-corrected chi connectivity index (χ0v) is 36.8. The van der Waals surface area contributed by atoms with Gasteiger partial charge in [-0.2, -0.15) is 0 Å². The van der Waals surface area contributed by atoms with Crippen molar-refractivity contribution in [3.63, 3.8) is 0 Å². The zero-order chi connectivity index (χ0) is 41.2. The number of nitrogens with zero attached hydrogens (tertiary/aromatic N) is 4. The molecule has 0 bridgehead atoms. The van der Waals surface area contributed by atoms with Crippen molar-refractivity contribution in [3.05, 3.63) is 197 Å². The average molecular weight is 986 g/mol.